The van der Waals surface area contributed by atoms with Crippen molar-refractivity contribution in [2.24, 2.45) is 0 Å². The minimum absolute atomic E-state index is 0. The first kappa shape index (κ1) is 18.8. The van der Waals surface area contributed by atoms with Crippen molar-refractivity contribution in [3.05, 3.63) is 18.2 Å². The number of benzene rings is 1. The molecule has 1 N–H and O–H groups in total. The third kappa shape index (κ3) is 3.25. The van der Waals surface area contributed by atoms with Gasteiger partial charge < -0.3 is 24.1 Å². The number of nitrogens with one attached hydrogen (secondary N) is 1. The summed E-state index contributed by atoms with van der Waals surface area (Å²) >= 11 is 0. The van der Waals surface area contributed by atoms with E-state index in [1.807, 2.05) is 12.1 Å². The highest BCUT2D eigenvalue weighted by Crippen LogP contribution is 2.39. The number of halogens is 1. The molecule has 1 spiro atoms. The summed E-state index contributed by atoms with van der Waals surface area (Å²) in [5.74, 6) is 0.906. The summed E-state index contributed by atoms with van der Waals surface area (Å²) in [7, 11) is -0.346. The van der Waals surface area contributed by atoms with E-state index in [0.717, 1.165) is 49.5 Å². The zero-order valence-corrected chi connectivity index (χ0v) is 16.2. The van der Waals surface area contributed by atoms with Crippen LogP contribution in [0.3, 0.4) is 0 Å². The Morgan fingerprint density at radius 2 is 1.64 bits per heavy atom. The molecule has 1 aromatic rings. The standard InChI is InChI=1S/C18H26BNO4.ClH/c1-16(2)17(3,4)24-19(23-16)13-5-6-15-14(11-13)20-12-18(22-15)7-9-21-10-8-18;/h5-6,11,20H,7-10,12H2,1-4H3;1H. The average Bonchev–Trinajstić information content (AvgIpc) is 2.76. The summed E-state index contributed by atoms with van der Waals surface area (Å²) in [5, 5.41) is 3.54. The zero-order chi connectivity index (χ0) is 17.0. The SMILES string of the molecule is CC1(C)OB(c2ccc3c(c2)NCC2(CCOCC2)O3)OC1(C)C.Cl. The second kappa shape index (κ2) is 6.34. The predicted molar refractivity (Wildman–Crippen MR) is 101 cm³/mol. The van der Waals surface area contributed by atoms with Gasteiger partial charge in [-0.3, -0.25) is 0 Å². The number of ether oxygens (including phenoxy) is 2. The zero-order valence-electron chi connectivity index (χ0n) is 15.4. The van der Waals surface area contributed by atoms with Crippen LogP contribution >= 0.6 is 12.4 Å². The van der Waals surface area contributed by atoms with E-state index in [1.165, 1.54) is 0 Å². The maximum absolute atomic E-state index is 6.34. The maximum Gasteiger partial charge on any atom is 0.494 e. The van der Waals surface area contributed by atoms with E-state index >= 15 is 0 Å². The lowest BCUT2D eigenvalue weighted by Crippen LogP contribution is -2.50. The highest BCUT2D eigenvalue weighted by atomic mass is 35.5. The Balaban J connectivity index is 0.00000182. The highest BCUT2D eigenvalue weighted by molar-refractivity contribution is 6.62. The van der Waals surface area contributed by atoms with E-state index in [4.69, 9.17) is 18.8 Å². The molecule has 0 aliphatic carbocycles. The molecule has 0 unspecified atom stereocenters. The fraction of sp³-hybridized carbons (Fsp3) is 0.667. The van der Waals surface area contributed by atoms with Crippen LogP contribution in [0.2, 0.25) is 0 Å². The molecule has 3 heterocycles. The van der Waals surface area contributed by atoms with Crippen molar-refractivity contribution in [2.45, 2.75) is 57.3 Å². The normalized spacial score (nSPS) is 25.5. The van der Waals surface area contributed by atoms with Crippen molar-refractivity contribution < 1.29 is 18.8 Å². The van der Waals surface area contributed by atoms with E-state index in [1.54, 1.807) is 0 Å². The van der Waals surface area contributed by atoms with Gasteiger partial charge in [-0.2, -0.15) is 0 Å². The Bertz CT molecular complexity index is 630. The van der Waals surface area contributed by atoms with Crippen LogP contribution in [0.25, 0.3) is 0 Å². The highest BCUT2D eigenvalue weighted by Gasteiger charge is 2.52. The number of hydrogen-bond acceptors (Lipinski definition) is 5. The van der Waals surface area contributed by atoms with Gasteiger partial charge in [-0.25, -0.2) is 0 Å². The van der Waals surface area contributed by atoms with Gasteiger partial charge in [0.15, 0.2) is 0 Å². The van der Waals surface area contributed by atoms with E-state index in [9.17, 15) is 0 Å². The summed E-state index contributed by atoms with van der Waals surface area (Å²) < 4.78 is 24.1. The van der Waals surface area contributed by atoms with Crippen molar-refractivity contribution in [1.29, 1.82) is 0 Å². The molecule has 0 saturated carbocycles. The van der Waals surface area contributed by atoms with Crippen LogP contribution in [0.4, 0.5) is 5.69 Å². The van der Waals surface area contributed by atoms with Crippen LogP contribution < -0.4 is 15.5 Å². The quantitative estimate of drug-likeness (QED) is 0.774. The lowest BCUT2D eigenvalue weighted by molar-refractivity contribution is -0.0408. The molecule has 0 radical (unpaired) electrons. The van der Waals surface area contributed by atoms with E-state index < -0.39 is 0 Å². The van der Waals surface area contributed by atoms with E-state index in [0.29, 0.717) is 0 Å². The Labute approximate surface area is 156 Å². The number of hydrogen-bond donors (Lipinski definition) is 1. The van der Waals surface area contributed by atoms with Crippen LogP contribution in [0.5, 0.6) is 5.75 Å². The summed E-state index contributed by atoms with van der Waals surface area (Å²) in [4.78, 5) is 0. The van der Waals surface area contributed by atoms with Gasteiger partial charge in [0.2, 0.25) is 0 Å². The minimum Gasteiger partial charge on any atom is -0.483 e. The van der Waals surface area contributed by atoms with Crippen molar-refractivity contribution in [2.75, 3.05) is 25.1 Å². The first-order valence-corrected chi connectivity index (χ1v) is 8.81. The lowest BCUT2D eigenvalue weighted by Gasteiger charge is -2.41. The monoisotopic (exact) mass is 367 g/mol. The Morgan fingerprint density at radius 3 is 2.28 bits per heavy atom. The van der Waals surface area contributed by atoms with Crippen molar-refractivity contribution in [3.8, 4) is 5.75 Å². The van der Waals surface area contributed by atoms with Gasteiger partial charge in [-0.05, 0) is 45.3 Å². The van der Waals surface area contributed by atoms with Gasteiger partial charge in [-0.15, -0.1) is 12.4 Å². The fourth-order valence-corrected chi connectivity index (χ4v) is 3.45. The van der Waals surface area contributed by atoms with Gasteiger partial charge in [0.25, 0.3) is 0 Å². The van der Waals surface area contributed by atoms with Crippen LogP contribution in [-0.4, -0.2) is 43.7 Å². The summed E-state index contributed by atoms with van der Waals surface area (Å²) in [5.41, 5.74) is 1.25. The fourth-order valence-electron chi connectivity index (χ4n) is 3.45. The molecule has 3 aliphatic rings. The smallest absolute Gasteiger partial charge is 0.483 e. The molecule has 3 aliphatic heterocycles. The molecule has 0 bridgehead atoms. The molecule has 0 amide bonds. The Hall–Kier alpha value is -0.945. The number of anilines is 1. The van der Waals surface area contributed by atoms with Crippen LogP contribution in [0.1, 0.15) is 40.5 Å². The number of fused-ring (bicyclic) bond motifs is 1. The van der Waals surface area contributed by atoms with E-state index in [2.05, 4.69) is 39.1 Å². The first-order valence-electron chi connectivity index (χ1n) is 8.81. The molecule has 4 rings (SSSR count). The van der Waals surface area contributed by atoms with Gasteiger partial charge >= 0.3 is 7.12 Å². The van der Waals surface area contributed by atoms with Crippen LogP contribution in [0.15, 0.2) is 18.2 Å². The molecule has 0 aromatic heterocycles. The number of rotatable bonds is 1. The molecule has 1 aromatic carbocycles. The van der Waals surface area contributed by atoms with Gasteiger partial charge in [0.05, 0.1) is 36.6 Å². The Morgan fingerprint density at radius 1 is 1.00 bits per heavy atom. The molecule has 0 atom stereocenters. The molecular weight excluding hydrogens is 340 g/mol. The molecular formula is C18H27BClNO4. The molecule has 25 heavy (non-hydrogen) atoms. The second-order valence-corrected chi connectivity index (χ2v) is 8.09. The van der Waals surface area contributed by atoms with Crippen LogP contribution in [-0.2, 0) is 14.0 Å². The largest absolute Gasteiger partial charge is 0.494 e. The summed E-state index contributed by atoms with van der Waals surface area (Å²) in [6.45, 7) is 10.6. The van der Waals surface area contributed by atoms with Gasteiger partial charge in [-0.1, -0.05) is 6.07 Å². The molecule has 5 nitrogen and oxygen atoms in total. The Kier molecular flexibility index (Phi) is 4.78. The first-order chi connectivity index (χ1) is 11.3. The van der Waals surface area contributed by atoms with Gasteiger partial charge in [0, 0.05) is 12.8 Å². The lowest BCUT2D eigenvalue weighted by atomic mass is 9.78. The molecule has 7 heteroatoms. The minimum atomic E-state index is -0.346. The van der Waals surface area contributed by atoms with Crippen molar-refractivity contribution in [1.82, 2.24) is 0 Å². The van der Waals surface area contributed by atoms with Crippen molar-refractivity contribution in [3.63, 3.8) is 0 Å². The average molecular weight is 368 g/mol. The van der Waals surface area contributed by atoms with Gasteiger partial charge in [0.1, 0.15) is 11.4 Å². The topological polar surface area (TPSA) is 49.0 Å². The van der Waals surface area contributed by atoms with Crippen molar-refractivity contribution >= 4 is 30.7 Å². The summed E-state index contributed by atoms with van der Waals surface area (Å²) in [6, 6.07) is 6.16. The second-order valence-electron chi connectivity index (χ2n) is 8.09. The third-order valence-electron chi connectivity index (χ3n) is 5.86. The maximum atomic E-state index is 6.34. The molecule has 2 fully saturated rings. The predicted octanol–water partition coefficient (Wildman–Crippen LogP) is 2.76. The van der Waals surface area contributed by atoms with E-state index in [-0.39, 0.29) is 36.3 Å². The molecule has 2 saturated heterocycles. The van der Waals surface area contributed by atoms with Crippen LogP contribution in [0, 0.1) is 0 Å². The third-order valence-corrected chi connectivity index (χ3v) is 5.86. The molecule has 138 valence electrons. The summed E-state index contributed by atoms with van der Waals surface area (Å²) in [6.07, 6.45) is 1.86.